The molecule has 0 saturated heterocycles. The second-order valence-electron chi connectivity index (χ2n) is 6.38. The Balaban J connectivity index is 2.56. The maximum Gasteiger partial charge on any atom is 0.573 e. The number of nitrogens with zero attached hydrogens (tertiary/aromatic N) is 2. The molecule has 7 heteroatoms. The summed E-state index contributed by atoms with van der Waals surface area (Å²) in [7, 11) is 1.87. The summed E-state index contributed by atoms with van der Waals surface area (Å²) in [6.07, 6.45) is -1.87. The summed E-state index contributed by atoms with van der Waals surface area (Å²) < 4.78 is 41.7. The van der Waals surface area contributed by atoms with E-state index >= 15 is 0 Å². The molecule has 0 aromatic heterocycles. The van der Waals surface area contributed by atoms with Gasteiger partial charge in [-0.15, -0.1) is 13.2 Å². The quantitative estimate of drug-likeness (QED) is 0.492. The molecule has 0 saturated carbocycles. The zero-order chi connectivity index (χ0) is 21.1. The van der Waals surface area contributed by atoms with Crippen LogP contribution in [0.15, 0.2) is 46.6 Å². The van der Waals surface area contributed by atoms with Crippen molar-refractivity contribution in [1.29, 1.82) is 5.26 Å². The fraction of sp³-hybridized carbons (Fsp3) is 0.286. The third kappa shape index (κ3) is 5.08. The van der Waals surface area contributed by atoms with Gasteiger partial charge in [0.25, 0.3) is 0 Å². The summed E-state index contributed by atoms with van der Waals surface area (Å²) in [5.41, 5.74) is 4.79. The topological polar surface area (TPSA) is 36.3 Å². The minimum Gasteiger partial charge on any atom is -0.406 e. The second-order valence-corrected chi connectivity index (χ2v) is 7.23. The monoisotopic (exact) mass is 452 g/mol. The van der Waals surface area contributed by atoms with Crippen molar-refractivity contribution in [3.8, 4) is 22.9 Å². The number of allylic oxidation sites excluding steroid dienone is 1. The zero-order valence-corrected chi connectivity index (χ0v) is 17.6. The molecule has 2 rings (SSSR count). The minimum absolute atomic E-state index is 0.277. The van der Waals surface area contributed by atoms with E-state index in [-0.39, 0.29) is 5.75 Å². The van der Waals surface area contributed by atoms with E-state index < -0.39 is 6.36 Å². The Labute approximate surface area is 171 Å². The smallest absolute Gasteiger partial charge is 0.406 e. The van der Waals surface area contributed by atoms with Gasteiger partial charge in [0.15, 0.2) is 0 Å². The van der Waals surface area contributed by atoms with Crippen molar-refractivity contribution < 1.29 is 17.9 Å². The van der Waals surface area contributed by atoms with Gasteiger partial charge in [-0.25, -0.2) is 0 Å². The van der Waals surface area contributed by atoms with Crippen molar-refractivity contribution in [2.75, 3.05) is 11.9 Å². The van der Waals surface area contributed by atoms with Gasteiger partial charge in [-0.1, -0.05) is 24.6 Å². The van der Waals surface area contributed by atoms with E-state index in [0.717, 1.165) is 34.4 Å². The number of hydrogen-bond donors (Lipinski definition) is 0. The highest BCUT2D eigenvalue weighted by molar-refractivity contribution is 9.10. The van der Waals surface area contributed by atoms with Crippen molar-refractivity contribution in [2.24, 2.45) is 0 Å². The van der Waals surface area contributed by atoms with Gasteiger partial charge >= 0.3 is 6.36 Å². The fourth-order valence-corrected chi connectivity index (χ4v) is 3.41. The molecule has 0 spiro atoms. The molecule has 0 N–H and O–H groups in total. The zero-order valence-electron chi connectivity index (χ0n) is 16.0. The van der Waals surface area contributed by atoms with Crippen LogP contribution >= 0.6 is 15.9 Å². The van der Waals surface area contributed by atoms with E-state index in [2.05, 4.69) is 33.7 Å². The maximum atomic E-state index is 12.4. The van der Waals surface area contributed by atoms with E-state index in [4.69, 9.17) is 0 Å². The van der Waals surface area contributed by atoms with Gasteiger partial charge in [-0.2, -0.15) is 5.26 Å². The van der Waals surface area contributed by atoms with Crippen molar-refractivity contribution in [2.45, 2.75) is 33.6 Å². The molecule has 0 unspecified atom stereocenters. The van der Waals surface area contributed by atoms with E-state index in [0.29, 0.717) is 10.0 Å². The van der Waals surface area contributed by atoms with Crippen molar-refractivity contribution in [1.82, 2.24) is 0 Å². The highest BCUT2D eigenvalue weighted by Gasteiger charge is 2.31. The molecular formula is C21H20BrF3N2O. The van der Waals surface area contributed by atoms with Crippen LogP contribution in [0.3, 0.4) is 0 Å². The van der Waals surface area contributed by atoms with Crippen molar-refractivity contribution in [3.05, 3.63) is 57.7 Å². The lowest BCUT2D eigenvalue weighted by Gasteiger charge is -2.23. The number of anilines is 1. The lowest BCUT2D eigenvalue weighted by Crippen LogP contribution is -2.17. The van der Waals surface area contributed by atoms with E-state index in [1.54, 1.807) is 18.2 Å². The summed E-state index contributed by atoms with van der Waals surface area (Å²) in [6, 6.07) is 9.72. The number of nitriles is 1. The molecule has 0 amide bonds. The number of halogens is 4. The molecule has 28 heavy (non-hydrogen) atoms. The van der Waals surface area contributed by atoms with Crippen LogP contribution in [0.1, 0.15) is 31.4 Å². The molecule has 0 fully saturated rings. The summed E-state index contributed by atoms with van der Waals surface area (Å²) in [4.78, 5) is 1.90. The fourth-order valence-electron chi connectivity index (χ4n) is 2.90. The van der Waals surface area contributed by atoms with Crippen LogP contribution in [-0.4, -0.2) is 13.4 Å². The van der Waals surface area contributed by atoms with Gasteiger partial charge < -0.3 is 9.64 Å². The maximum absolute atomic E-state index is 12.4. The largest absolute Gasteiger partial charge is 0.573 e. The molecular weight excluding hydrogens is 433 g/mol. The highest BCUT2D eigenvalue weighted by atomic mass is 79.9. The van der Waals surface area contributed by atoms with E-state index in [1.165, 1.54) is 12.1 Å². The average Bonchev–Trinajstić information content (AvgIpc) is 2.62. The van der Waals surface area contributed by atoms with Gasteiger partial charge in [-0.05, 0) is 71.1 Å². The van der Waals surface area contributed by atoms with Crippen molar-refractivity contribution >= 4 is 21.6 Å². The van der Waals surface area contributed by atoms with Gasteiger partial charge in [0.1, 0.15) is 11.8 Å². The molecule has 2 aromatic carbocycles. The van der Waals surface area contributed by atoms with Gasteiger partial charge in [0, 0.05) is 17.7 Å². The predicted octanol–water partition coefficient (Wildman–Crippen LogP) is 6.94. The minimum atomic E-state index is -4.73. The summed E-state index contributed by atoms with van der Waals surface area (Å²) in [5.74, 6) is -0.277. The third-order valence-corrected chi connectivity index (χ3v) is 4.97. The molecule has 0 radical (unpaired) electrons. The Morgan fingerprint density at radius 2 is 1.89 bits per heavy atom. The molecule has 0 atom stereocenters. The third-order valence-electron chi connectivity index (χ3n) is 4.34. The standard InChI is InChI=1S/C21H20BrF3N2O/c1-5-13(2)12-27(4)20-14(3)17(10-19(22)18(20)11-26)15-6-8-16(9-7-15)28-21(23,24)25/h6-10,12H,5H2,1-4H3/b13-12+. The number of ether oxygens (including phenoxy) is 1. The highest BCUT2D eigenvalue weighted by Crippen LogP contribution is 2.39. The first-order valence-corrected chi connectivity index (χ1v) is 9.36. The molecule has 0 aliphatic rings. The molecule has 3 nitrogen and oxygen atoms in total. The number of benzene rings is 2. The van der Waals surface area contributed by atoms with Crippen LogP contribution in [0.5, 0.6) is 5.75 Å². The summed E-state index contributed by atoms with van der Waals surface area (Å²) in [5, 5.41) is 9.62. The number of alkyl halides is 3. The van der Waals surface area contributed by atoms with Crippen LogP contribution in [0.2, 0.25) is 0 Å². The Morgan fingerprint density at radius 1 is 1.29 bits per heavy atom. The van der Waals surface area contributed by atoms with Crippen LogP contribution in [0, 0.1) is 18.3 Å². The van der Waals surface area contributed by atoms with Crippen LogP contribution < -0.4 is 9.64 Å². The molecule has 0 aliphatic carbocycles. The summed E-state index contributed by atoms with van der Waals surface area (Å²) in [6.45, 7) is 5.95. The molecule has 2 aromatic rings. The van der Waals surface area contributed by atoms with Gasteiger partial charge in [-0.3, -0.25) is 0 Å². The molecule has 148 valence electrons. The number of hydrogen-bond acceptors (Lipinski definition) is 3. The SMILES string of the molecule is CC/C(C)=C/N(C)c1c(C)c(-c2ccc(OC(F)(F)F)cc2)cc(Br)c1C#N. The van der Waals surface area contributed by atoms with Crippen LogP contribution in [0.25, 0.3) is 11.1 Å². The normalized spacial score (nSPS) is 11.9. The Kier molecular flexibility index (Phi) is 6.78. The molecule has 0 bridgehead atoms. The summed E-state index contributed by atoms with van der Waals surface area (Å²) >= 11 is 3.45. The van der Waals surface area contributed by atoms with Gasteiger partial charge in [0.05, 0.1) is 11.3 Å². The first-order chi connectivity index (χ1) is 13.1. The Hall–Kier alpha value is -2.46. The lowest BCUT2D eigenvalue weighted by molar-refractivity contribution is -0.274. The lowest BCUT2D eigenvalue weighted by atomic mass is 9.96. The average molecular weight is 453 g/mol. The number of rotatable bonds is 5. The van der Waals surface area contributed by atoms with E-state index in [9.17, 15) is 18.4 Å². The predicted molar refractivity (Wildman–Crippen MR) is 108 cm³/mol. The first-order valence-electron chi connectivity index (χ1n) is 8.56. The van der Waals surface area contributed by atoms with Gasteiger partial charge in [0.2, 0.25) is 0 Å². The second kappa shape index (κ2) is 8.70. The van der Waals surface area contributed by atoms with Crippen molar-refractivity contribution in [3.63, 3.8) is 0 Å². The van der Waals surface area contributed by atoms with Crippen LogP contribution in [-0.2, 0) is 0 Å². The Morgan fingerprint density at radius 3 is 2.39 bits per heavy atom. The Bertz CT molecular complexity index is 929. The van der Waals surface area contributed by atoms with Crippen LogP contribution in [0.4, 0.5) is 18.9 Å². The van der Waals surface area contributed by atoms with E-state index in [1.807, 2.05) is 32.0 Å². The molecule has 0 aliphatic heterocycles. The molecule has 0 heterocycles. The first kappa shape index (κ1) is 21.8.